The first kappa shape index (κ1) is 33.3. The predicted octanol–water partition coefficient (Wildman–Crippen LogP) is 9.43. The third-order valence-corrected chi connectivity index (χ3v) is 10.4. The summed E-state index contributed by atoms with van der Waals surface area (Å²) in [4.78, 5) is 56.4. The Bertz CT molecular complexity index is 2740. The molecule has 8 nitrogen and oxygen atoms in total. The molecule has 0 fully saturated rings. The van der Waals surface area contributed by atoms with Gasteiger partial charge in [-0.3, -0.25) is 19.2 Å². The van der Waals surface area contributed by atoms with Crippen molar-refractivity contribution in [2.24, 2.45) is 0 Å². The van der Waals surface area contributed by atoms with Gasteiger partial charge in [0.05, 0.1) is 33.6 Å². The monoisotopic (exact) mass is 716 g/mol. The Morgan fingerprint density at radius 3 is 1.15 bits per heavy atom. The lowest BCUT2D eigenvalue weighted by Gasteiger charge is -2.18. The van der Waals surface area contributed by atoms with Crippen molar-refractivity contribution in [1.82, 2.24) is 0 Å². The highest BCUT2D eigenvalue weighted by Crippen LogP contribution is 2.37. The van der Waals surface area contributed by atoms with Gasteiger partial charge >= 0.3 is 0 Å². The van der Waals surface area contributed by atoms with Gasteiger partial charge in [-0.15, -0.1) is 0 Å². The molecule has 2 heterocycles. The van der Waals surface area contributed by atoms with Crippen LogP contribution in [-0.4, -0.2) is 23.6 Å². The van der Waals surface area contributed by atoms with E-state index < -0.39 is 0 Å². The second-order valence-electron chi connectivity index (χ2n) is 13.8. The molecule has 0 bridgehead atoms. The summed E-state index contributed by atoms with van der Waals surface area (Å²) < 4.78 is 0. The molecule has 0 spiro atoms. The molecule has 55 heavy (non-hydrogen) atoms. The standard InChI is InChI=1S/C47H32N4O4/c1-27-24-33(14-23-43(27)51-45(53)40-22-13-35(26-42(40)47(51)55)32-8-17-37(49)18-9-32)30-4-2-28(3-5-30)29-10-19-38(20-11-29)50-44(52)39-21-12-34(25-41(39)46(50)54)31-6-15-36(48)16-7-31/h2-26H,48-49H2,1H3. The smallest absolute Gasteiger partial charge is 0.266 e. The summed E-state index contributed by atoms with van der Waals surface area (Å²) in [5.74, 6) is -1.41. The fraction of sp³-hybridized carbons (Fsp3) is 0.0213. The van der Waals surface area contributed by atoms with Gasteiger partial charge in [0.1, 0.15) is 0 Å². The Morgan fingerprint density at radius 2 is 0.673 bits per heavy atom. The zero-order valence-electron chi connectivity index (χ0n) is 29.6. The average Bonchev–Trinajstić information content (AvgIpc) is 3.61. The molecule has 7 aromatic rings. The lowest BCUT2D eigenvalue weighted by Crippen LogP contribution is -2.30. The molecule has 0 saturated heterocycles. The lowest BCUT2D eigenvalue weighted by atomic mass is 9.98. The molecule has 0 atom stereocenters. The van der Waals surface area contributed by atoms with Gasteiger partial charge in [0.25, 0.3) is 23.6 Å². The number of aryl methyl sites for hydroxylation is 1. The molecule has 2 aliphatic heterocycles. The minimum Gasteiger partial charge on any atom is -0.399 e. The van der Waals surface area contributed by atoms with Crippen LogP contribution in [0.5, 0.6) is 0 Å². The van der Waals surface area contributed by atoms with Gasteiger partial charge in [0, 0.05) is 11.4 Å². The molecule has 0 radical (unpaired) electrons. The van der Waals surface area contributed by atoms with Gasteiger partial charge in [0.15, 0.2) is 0 Å². The maximum atomic E-state index is 13.6. The minimum absolute atomic E-state index is 0.346. The maximum absolute atomic E-state index is 13.6. The molecule has 0 aliphatic carbocycles. The minimum atomic E-state index is -0.359. The van der Waals surface area contributed by atoms with E-state index in [-0.39, 0.29) is 23.6 Å². The van der Waals surface area contributed by atoms with Crippen molar-refractivity contribution in [3.05, 3.63) is 179 Å². The molecule has 9 rings (SSSR count). The third-order valence-electron chi connectivity index (χ3n) is 10.4. The van der Waals surface area contributed by atoms with E-state index in [0.29, 0.717) is 45.0 Å². The van der Waals surface area contributed by atoms with E-state index in [9.17, 15) is 19.2 Å². The summed E-state index contributed by atoms with van der Waals surface area (Å²) in [7, 11) is 0. The number of carbonyl (C=O) groups excluding carboxylic acids is 4. The number of anilines is 4. The van der Waals surface area contributed by atoms with Gasteiger partial charge in [-0.05, 0) is 130 Å². The van der Waals surface area contributed by atoms with E-state index in [1.54, 1.807) is 60.7 Å². The predicted molar refractivity (Wildman–Crippen MR) is 217 cm³/mol. The Labute approximate surface area is 316 Å². The van der Waals surface area contributed by atoms with Crippen LogP contribution < -0.4 is 21.3 Å². The molecule has 4 N–H and O–H groups in total. The first-order valence-corrected chi connectivity index (χ1v) is 17.7. The van der Waals surface area contributed by atoms with Crippen LogP contribution in [0.2, 0.25) is 0 Å². The molecule has 0 aromatic heterocycles. The van der Waals surface area contributed by atoms with Gasteiger partial charge in [0.2, 0.25) is 0 Å². The van der Waals surface area contributed by atoms with E-state index in [0.717, 1.165) is 50.1 Å². The molecule has 2 aliphatic rings. The molecule has 7 aromatic carbocycles. The number of hydrogen-bond donors (Lipinski definition) is 2. The van der Waals surface area contributed by atoms with Crippen LogP contribution in [0.4, 0.5) is 22.7 Å². The molecule has 8 heteroatoms. The zero-order chi connectivity index (χ0) is 38.0. The highest BCUT2D eigenvalue weighted by atomic mass is 16.2. The number of carbonyl (C=O) groups is 4. The quantitative estimate of drug-likeness (QED) is 0.130. The van der Waals surface area contributed by atoms with E-state index in [4.69, 9.17) is 11.5 Å². The number of hydrogen-bond acceptors (Lipinski definition) is 6. The number of imide groups is 2. The van der Waals surface area contributed by atoms with E-state index in [2.05, 4.69) is 0 Å². The second-order valence-corrected chi connectivity index (χ2v) is 13.8. The summed E-state index contributed by atoms with van der Waals surface area (Å²) in [6.45, 7) is 1.89. The van der Waals surface area contributed by atoms with Crippen molar-refractivity contribution in [3.8, 4) is 44.5 Å². The van der Waals surface area contributed by atoms with Crippen LogP contribution >= 0.6 is 0 Å². The van der Waals surface area contributed by atoms with E-state index in [1.165, 1.54) is 9.80 Å². The number of nitrogens with two attached hydrogens (primary N) is 2. The second kappa shape index (κ2) is 12.8. The highest BCUT2D eigenvalue weighted by Gasteiger charge is 2.38. The largest absolute Gasteiger partial charge is 0.399 e. The average molecular weight is 717 g/mol. The fourth-order valence-electron chi connectivity index (χ4n) is 7.39. The fourth-order valence-corrected chi connectivity index (χ4v) is 7.39. The van der Waals surface area contributed by atoms with Gasteiger partial charge in [-0.25, -0.2) is 9.80 Å². The zero-order valence-corrected chi connectivity index (χ0v) is 29.6. The Balaban J connectivity index is 0.909. The van der Waals surface area contributed by atoms with E-state index >= 15 is 0 Å². The van der Waals surface area contributed by atoms with Gasteiger partial charge < -0.3 is 11.5 Å². The Hall–Kier alpha value is -7.58. The number of nitrogen functional groups attached to an aromatic ring is 2. The highest BCUT2D eigenvalue weighted by molar-refractivity contribution is 6.35. The first-order valence-electron chi connectivity index (χ1n) is 17.7. The van der Waals surface area contributed by atoms with Crippen molar-refractivity contribution >= 4 is 46.4 Å². The summed E-state index contributed by atoms with van der Waals surface area (Å²) in [6, 6.07) is 46.5. The summed E-state index contributed by atoms with van der Waals surface area (Å²) in [5.41, 5.74) is 23.6. The van der Waals surface area contributed by atoms with Crippen molar-refractivity contribution < 1.29 is 19.2 Å². The van der Waals surface area contributed by atoms with Gasteiger partial charge in [-0.1, -0.05) is 78.9 Å². The van der Waals surface area contributed by atoms with Crippen LogP contribution in [0.1, 0.15) is 47.0 Å². The summed E-state index contributed by atoms with van der Waals surface area (Å²) >= 11 is 0. The molecule has 0 unspecified atom stereocenters. The van der Waals surface area contributed by atoms with Crippen LogP contribution in [0, 0.1) is 6.92 Å². The van der Waals surface area contributed by atoms with Crippen LogP contribution in [-0.2, 0) is 0 Å². The van der Waals surface area contributed by atoms with Crippen molar-refractivity contribution in [3.63, 3.8) is 0 Å². The maximum Gasteiger partial charge on any atom is 0.266 e. The molecule has 0 saturated carbocycles. The normalized spacial score (nSPS) is 13.4. The third kappa shape index (κ3) is 5.64. The number of nitrogens with zero attached hydrogens (tertiary/aromatic N) is 2. The number of rotatable bonds is 6. The number of fused-ring (bicyclic) bond motifs is 2. The molecular formula is C47H32N4O4. The van der Waals surface area contributed by atoms with Crippen LogP contribution in [0.15, 0.2) is 152 Å². The molecular weight excluding hydrogens is 685 g/mol. The Kier molecular flexibility index (Phi) is 7.76. The van der Waals surface area contributed by atoms with Crippen LogP contribution in [0.3, 0.4) is 0 Å². The first-order chi connectivity index (χ1) is 26.6. The van der Waals surface area contributed by atoms with Crippen molar-refractivity contribution in [2.45, 2.75) is 6.92 Å². The number of amides is 4. The summed E-state index contributed by atoms with van der Waals surface area (Å²) in [6.07, 6.45) is 0. The lowest BCUT2D eigenvalue weighted by molar-refractivity contribution is 0.0910. The van der Waals surface area contributed by atoms with E-state index in [1.807, 2.05) is 97.9 Å². The summed E-state index contributed by atoms with van der Waals surface area (Å²) in [5, 5.41) is 0. The Morgan fingerprint density at radius 1 is 0.345 bits per heavy atom. The molecule has 4 amide bonds. The van der Waals surface area contributed by atoms with Crippen molar-refractivity contribution in [1.29, 1.82) is 0 Å². The van der Waals surface area contributed by atoms with Gasteiger partial charge in [-0.2, -0.15) is 0 Å². The van der Waals surface area contributed by atoms with Crippen LogP contribution in [0.25, 0.3) is 44.5 Å². The number of benzene rings is 7. The topological polar surface area (TPSA) is 127 Å². The van der Waals surface area contributed by atoms with Crippen molar-refractivity contribution in [2.75, 3.05) is 21.3 Å². The molecule has 264 valence electrons. The SMILES string of the molecule is Cc1cc(-c2ccc(-c3ccc(N4C(=O)c5ccc(-c6ccc(N)cc6)cc5C4=O)cc3)cc2)ccc1N1C(=O)c2ccc(-c3ccc(N)cc3)cc2C1=O.